The molecule has 0 spiro atoms. The first kappa shape index (κ1) is 18.6. The lowest BCUT2D eigenvalue weighted by atomic mass is 10.1. The molecule has 0 aliphatic rings. The van der Waals surface area contributed by atoms with Crippen molar-refractivity contribution in [1.29, 1.82) is 0 Å². The van der Waals surface area contributed by atoms with E-state index in [1.54, 1.807) is 30.3 Å². The van der Waals surface area contributed by atoms with Crippen molar-refractivity contribution < 1.29 is 4.79 Å². The summed E-state index contributed by atoms with van der Waals surface area (Å²) in [7, 11) is 0. The van der Waals surface area contributed by atoms with Gasteiger partial charge >= 0.3 is 0 Å². The second-order valence-electron chi connectivity index (χ2n) is 6.95. The summed E-state index contributed by atoms with van der Waals surface area (Å²) in [6, 6.07) is 22.2. The number of nitrogens with zero attached hydrogens (tertiary/aromatic N) is 2. The molecule has 1 amide bonds. The van der Waals surface area contributed by atoms with Crippen LogP contribution in [0, 0.1) is 6.92 Å². The van der Waals surface area contributed by atoms with E-state index in [1.807, 2.05) is 49.4 Å². The number of carbonyl (C=O) groups is 1. The van der Waals surface area contributed by atoms with Crippen molar-refractivity contribution in [2.24, 2.45) is 0 Å². The Bertz CT molecular complexity index is 1260. The lowest BCUT2D eigenvalue weighted by molar-refractivity contribution is 0.101. The van der Waals surface area contributed by atoms with Crippen LogP contribution >= 0.6 is 0 Å². The quantitative estimate of drug-likeness (QED) is 0.571. The minimum absolute atomic E-state index is 0.314. The largest absolute Gasteiger partial charge is 0.280 e. The second-order valence-corrected chi connectivity index (χ2v) is 6.95. The van der Waals surface area contributed by atoms with Crippen LogP contribution in [0.4, 0.5) is 0 Å². The zero-order valence-corrected chi connectivity index (χ0v) is 16.3. The van der Waals surface area contributed by atoms with Gasteiger partial charge < -0.3 is 0 Å². The maximum Gasteiger partial charge on any atom is 0.280 e. The lowest BCUT2D eigenvalue weighted by Gasteiger charge is -2.15. The predicted molar refractivity (Wildman–Crippen MR) is 116 cm³/mol. The Morgan fingerprint density at radius 1 is 1.00 bits per heavy atom. The van der Waals surface area contributed by atoms with Crippen molar-refractivity contribution in [3.8, 4) is 11.4 Å². The highest BCUT2D eigenvalue weighted by atomic mass is 16.2. The first-order valence-corrected chi connectivity index (χ1v) is 9.56. The number of nitrogens with one attached hydrogen (secondary N) is 1. The number of para-hydroxylation sites is 1. The molecule has 0 unspecified atom stereocenters. The third kappa shape index (κ3) is 3.67. The fourth-order valence-electron chi connectivity index (χ4n) is 3.27. The molecule has 5 heteroatoms. The second kappa shape index (κ2) is 7.72. The molecule has 3 aromatic carbocycles. The molecule has 1 aromatic heterocycles. The van der Waals surface area contributed by atoms with E-state index in [0.717, 1.165) is 23.1 Å². The van der Waals surface area contributed by atoms with Crippen molar-refractivity contribution in [2.45, 2.75) is 20.3 Å². The number of hydrogen-bond donors (Lipinski definition) is 1. The fourth-order valence-corrected chi connectivity index (χ4v) is 3.27. The molecule has 0 aliphatic carbocycles. The molecule has 29 heavy (non-hydrogen) atoms. The highest BCUT2D eigenvalue weighted by Gasteiger charge is 2.16. The van der Waals surface area contributed by atoms with Gasteiger partial charge in [0.2, 0.25) is 0 Å². The molecular formula is C24H21N3O2. The van der Waals surface area contributed by atoms with E-state index in [0.29, 0.717) is 22.3 Å². The number of aryl methyl sites for hydroxylation is 2. The lowest BCUT2D eigenvalue weighted by Crippen LogP contribution is -2.35. The van der Waals surface area contributed by atoms with Crippen LogP contribution in [0.3, 0.4) is 0 Å². The molecule has 4 rings (SSSR count). The van der Waals surface area contributed by atoms with Crippen LogP contribution in [0.1, 0.15) is 28.4 Å². The highest BCUT2D eigenvalue weighted by Crippen LogP contribution is 2.19. The summed E-state index contributed by atoms with van der Waals surface area (Å²) in [6.45, 7) is 4.03. The molecule has 144 valence electrons. The third-order valence-corrected chi connectivity index (χ3v) is 4.89. The third-order valence-electron chi connectivity index (χ3n) is 4.89. The molecule has 0 fully saturated rings. The first-order valence-electron chi connectivity index (χ1n) is 9.56. The number of amides is 1. The summed E-state index contributed by atoms with van der Waals surface area (Å²) < 4.78 is 1.24. The van der Waals surface area contributed by atoms with Crippen LogP contribution in [0.2, 0.25) is 0 Å². The van der Waals surface area contributed by atoms with Gasteiger partial charge in [0.25, 0.3) is 11.5 Å². The Labute approximate surface area is 168 Å². The molecule has 0 radical (unpaired) electrons. The minimum atomic E-state index is -0.360. The molecule has 5 nitrogen and oxygen atoms in total. The van der Waals surface area contributed by atoms with Crippen molar-refractivity contribution in [2.75, 3.05) is 5.43 Å². The van der Waals surface area contributed by atoms with Gasteiger partial charge in [-0.2, -0.15) is 4.68 Å². The van der Waals surface area contributed by atoms with E-state index in [2.05, 4.69) is 17.3 Å². The molecule has 1 N–H and O–H groups in total. The Kier molecular flexibility index (Phi) is 4.96. The highest BCUT2D eigenvalue weighted by molar-refractivity contribution is 6.00. The number of aromatic nitrogens is 2. The minimum Gasteiger partial charge on any atom is -0.267 e. The van der Waals surface area contributed by atoms with E-state index in [1.165, 1.54) is 4.68 Å². The summed E-state index contributed by atoms with van der Waals surface area (Å²) >= 11 is 0. The van der Waals surface area contributed by atoms with E-state index in [-0.39, 0.29) is 11.5 Å². The Morgan fingerprint density at radius 2 is 1.76 bits per heavy atom. The topological polar surface area (TPSA) is 64.0 Å². The standard InChI is InChI=1S/C24H21N3O2/c1-3-17-11-13-18(14-12-17)23(28)26-27-22(19-8-6-7-16(2)15-19)25-21-10-5-4-9-20(21)24(27)29/h4-15H,3H2,1-2H3,(H,26,28). The Balaban J connectivity index is 1.85. The molecular weight excluding hydrogens is 362 g/mol. The van der Waals surface area contributed by atoms with Crippen molar-refractivity contribution in [3.05, 3.63) is 99.8 Å². The van der Waals surface area contributed by atoms with Crippen molar-refractivity contribution >= 4 is 16.8 Å². The van der Waals surface area contributed by atoms with E-state index in [4.69, 9.17) is 0 Å². The SMILES string of the molecule is CCc1ccc(C(=O)Nn2c(-c3cccc(C)c3)nc3ccccc3c2=O)cc1. The zero-order valence-electron chi connectivity index (χ0n) is 16.3. The van der Waals surface area contributed by atoms with Gasteiger partial charge in [-0.3, -0.25) is 15.0 Å². The summed E-state index contributed by atoms with van der Waals surface area (Å²) in [4.78, 5) is 30.7. The average Bonchev–Trinajstić information content (AvgIpc) is 2.75. The Hall–Kier alpha value is -3.73. The van der Waals surface area contributed by atoms with E-state index in [9.17, 15) is 9.59 Å². The van der Waals surface area contributed by atoms with Crippen LogP contribution in [-0.2, 0) is 6.42 Å². The van der Waals surface area contributed by atoms with Crippen LogP contribution < -0.4 is 11.0 Å². The van der Waals surface area contributed by atoms with Crippen LogP contribution in [0.15, 0.2) is 77.6 Å². The maximum absolute atomic E-state index is 13.2. The van der Waals surface area contributed by atoms with Crippen LogP contribution in [-0.4, -0.2) is 15.6 Å². The monoisotopic (exact) mass is 383 g/mol. The van der Waals surface area contributed by atoms with Gasteiger partial charge in [0.1, 0.15) is 0 Å². The first-order chi connectivity index (χ1) is 14.1. The van der Waals surface area contributed by atoms with Gasteiger partial charge in [-0.1, -0.05) is 55.0 Å². The molecule has 0 atom stereocenters. The number of hydrogen-bond acceptors (Lipinski definition) is 3. The number of benzene rings is 3. The summed E-state index contributed by atoms with van der Waals surface area (Å²) in [5.41, 5.74) is 6.45. The normalized spacial score (nSPS) is 10.8. The molecule has 0 aliphatic heterocycles. The fraction of sp³-hybridized carbons (Fsp3) is 0.125. The van der Waals surface area contributed by atoms with Gasteiger partial charge in [-0.15, -0.1) is 0 Å². The van der Waals surface area contributed by atoms with Crippen molar-refractivity contribution in [1.82, 2.24) is 9.66 Å². The number of fused-ring (bicyclic) bond motifs is 1. The number of carbonyl (C=O) groups excluding carboxylic acids is 1. The van der Waals surface area contributed by atoms with Crippen molar-refractivity contribution in [3.63, 3.8) is 0 Å². The maximum atomic E-state index is 13.2. The molecule has 0 saturated carbocycles. The molecule has 1 heterocycles. The van der Waals surface area contributed by atoms with E-state index < -0.39 is 0 Å². The predicted octanol–water partition coefficient (Wildman–Crippen LogP) is 4.32. The number of rotatable bonds is 4. The summed E-state index contributed by atoms with van der Waals surface area (Å²) in [5.74, 6) is 0.0386. The zero-order chi connectivity index (χ0) is 20.4. The van der Waals surface area contributed by atoms with Gasteiger partial charge in [-0.25, -0.2) is 4.98 Å². The summed E-state index contributed by atoms with van der Waals surface area (Å²) in [5, 5.41) is 0.450. The summed E-state index contributed by atoms with van der Waals surface area (Å²) in [6.07, 6.45) is 0.896. The average molecular weight is 383 g/mol. The van der Waals surface area contributed by atoms with Gasteiger partial charge in [0, 0.05) is 11.1 Å². The molecule has 0 bridgehead atoms. The Morgan fingerprint density at radius 3 is 2.48 bits per heavy atom. The van der Waals surface area contributed by atoms with Crippen LogP contribution in [0.5, 0.6) is 0 Å². The van der Waals surface area contributed by atoms with E-state index >= 15 is 0 Å². The molecule has 0 saturated heterocycles. The smallest absolute Gasteiger partial charge is 0.267 e. The van der Waals surface area contributed by atoms with Gasteiger partial charge in [0.05, 0.1) is 10.9 Å². The van der Waals surface area contributed by atoms with Gasteiger partial charge in [0.15, 0.2) is 5.82 Å². The molecule has 4 aromatic rings. The van der Waals surface area contributed by atoms with Gasteiger partial charge in [-0.05, 0) is 49.2 Å². The van der Waals surface area contributed by atoms with Crippen LogP contribution in [0.25, 0.3) is 22.3 Å².